The first kappa shape index (κ1) is 15.1. The molecule has 0 atom stereocenters. The van der Waals surface area contributed by atoms with Crippen LogP contribution in [0.25, 0.3) is 0 Å². The first-order valence-electron chi connectivity index (χ1n) is 6.50. The number of benzene rings is 1. The van der Waals surface area contributed by atoms with Gasteiger partial charge in [-0.15, -0.1) is 0 Å². The van der Waals surface area contributed by atoms with Gasteiger partial charge in [-0.3, -0.25) is 4.72 Å². The van der Waals surface area contributed by atoms with Crippen molar-refractivity contribution in [3.8, 4) is 0 Å². The van der Waals surface area contributed by atoms with E-state index in [0.717, 1.165) is 10.6 Å². The maximum absolute atomic E-state index is 13.1. The number of nitrogens with one attached hydrogen (secondary N) is 2. The fourth-order valence-electron chi connectivity index (χ4n) is 1.70. The van der Waals surface area contributed by atoms with Gasteiger partial charge >= 0.3 is 0 Å². The second-order valence-corrected chi connectivity index (χ2v) is 4.85. The van der Waals surface area contributed by atoms with Crippen LogP contribution < -0.4 is 10.0 Å². The van der Waals surface area contributed by atoms with Gasteiger partial charge in [-0.1, -0.05) is 0 Å². The summed E-state index contributed by atoms with van der Waals surface area (Å²) in [6.07, 6.45) is -0.347. The van der Waals surface area contributed by atoms with E-state index in [1.807, 2.05) is 13.8 Å². The smallest absolute Gasteiger partial charge is 0.206 e. The zero-order chi connectivity index (χ0) is 14.4. The van der Waals surface area contributed by atoms with Crippen molar-refractivity contribution < 1.29 is 13.9 Å². The fraction of sp³-hybridized carbons (Fsp3) is 0.462. The average molecular weight is 299 g/mol. The van der Waals surface area contributed by atoms with Crippen LogP contribution in [0.3, 0.4) is 0 Å². The van der Waals surface area contributed by atoms with Crippen molar-refractivity contribution in [2.45, 2.75) is 25.0 Å². The predicted octanol–water partition coefficient (Wildman–Crippen LogP) is 2.60. The molecule has 5 nitrogen and oxygen atoms in total. The molecule has 0 amide bonds. The number of nitrogens with zero attached hydrogens (tertiary/aromatic N) is 1. The molecule has 20 heavy (non-hydrogen) atoms. The summed E-state index contributed by atoms with van der Waals surface area (Å²) in [5, 5.41) is 3.10. The quantitative estimate of drug-likeness (QED) is 0.624. The van der Waals surface area contributed by atoms with E-state index in [-0.39, 0.29) is 12.1 Å². The van der Waals surface area contributed by atoms with E-state index in [2.05, 4.69) is 15.0 Å². The van der Waals surface area contributed by atoms with Crippen LogP contribution in [-0.2, 0) is 9.47 Å². The maximum Gasteiger partial charge on any atom is 0.206 e. The lowest BCUT2D eigenvalue weighted by molar-refractivity contribution is -0.128. The van der Waals surface area contributed by atoms with Gasteiger partial charge in [0.15, 0.2) is 6.29 Å². The van der Waals surface area contributed by atoms with E-state index in [1.165, 1.54) is 24.1 Å². The third-order valence-corrected chi connectivity index (χ3v) is 3.41. The number of ether oxygens (including phenoxy) is 2. The molecule has 7 heteroatoms. The van der Waals surface area contributed by atoms with Crippen LogP contribution in [0.1, 0.15) is 13.8 Å². The monoisotopic (exact) mass is 299 g/mol. The number of halogens is 1. The molecule has 0 fully saturated rings. The largest absolute Gasteiger partial charge is 0.351 e. The lowest BCUT2D eigenvalue weighted by Gasteiger charge is -2.21. The van der Waals surface area contributed by atoms with E-state index in [0.29, 0.717) is 25.7 Å². The maximum atomic E-state index is 13.1. The van der Waals surface area contributed by atoms with Crippen molar-refractivity contribution in [2.24, 2.45) is 4.99 Å². The molecule has 0 saturated heterocycles. The molecule has 0 aromatic heterocycles. The second kappa shape index (κ2) is 7.47. The predicted molar refractivity (Wildman–Crippen MR) is 78.4 cm³/mol. The molecule has 1 aliphatic heterocycles. The van der Waals surface area contributed by atoms with Gasteiger partial charge in [0.25, 0.3) is 0 Å². The van der Waals surface area contributed by atoms with Crippen LogP contribution in [-0.4, -0.2) is 32.0 Å². The normalized spacial score (nSPS) is 15.9. The molecule has 1 heterocycles. The first-order chi connectivity index (χ1) is 9.72. The number of hydrogen-bond donors (Lipinski definition) is 2. The lowest BCUT2D eigenvalue weighted by Crippen LogP contribution is -2.31. The van der Waals surface area contributed by atoms with Crippen molar-refractivity contribution in [1.29, 1.82) is 0 Å². The highest BCUT2D eigenvalue weighted by Gasteiger charge is 2.15. The number of fused-ring (bicyclic) bond motifs is 1. The van der Waals surface area contributed by atoms with Crippen LogP contribution in [0, 0.1) is 5.82 Å². The second-order valence-electron chi connectivity index (χ2n) is 4.00. The highest BCUT2D eigenvalue weighted by molar-refractivity contribution is 7.98. The van der Waals surface area contributed by atoms with Gasteiger partial charge < -0.3 is 14.8 Å². The summed E-state index contributed by atoms with van der Waals surface area (Å²) in [5.74, 6) is 0.353. The summed E-state index contributed by atoms with van der Waals surface area (Å²) in [7, 11) is 0. The summed E-state index contributed by atoms with van der Waals surface area (Å²) >= 11 is 1.32. The summed E-state index contributed by atoms with van der Waals surface area (Å²) in [5.41, 5.74) is 0.832. The van der Waals surface area contributed by atoms with Crippen molar-refractivity contribution in [1.82, 2.24) is 4.72 Å². The molecule has 0 saturated carbocycles. The van der Waals surface area contributed by atoms with E-state index >= 15 is 0 Å². The molecule has 2 rings (SSSR count). The van der Waals surface area contributed by atoms with Gasteiger partial charge in [0.05, 0.1) is 17.1 Å². The fourth-order valence-corrected chi connectivity index (χ4v) is 2.43. The average Bonchev–Trinajstić information content (AvgIpc) is 2.45. The van der Waals surface area contributed by atoms with Gasteiger partial charge in [0.1, 0.15) is 5.82 Å². The Labute approximate surface area is 122 Å². The van der Waals surface area contributed by atoms with Crippen LogP contribution >= 0.6 is 11.9 Å². The van der Waals surface area contributed by atoms with Crippen molar-refractivity contribution >= 4 is 23.6 Å². The summed E-state index contributed by atoms with van der Waals surface area (Å²) in [6, 6.07) is 4.58. The molecular formula is C13H18FN3O2S. The van der Waals surface area contributed by atoms with Gasteiger partial charge in [0, 0.05) is 13.2 Å². The van der Waals surface area contributed by atoms with Crippen LogP contribution in [0.5, 0.6) is 0 Å². The molecule has 1 aliphatic rings. The Morgan fingerprint density at radius 3 is 2.75 bits per heavy atom. The minimum atomic E-state index is -0.347. The SMILES string of the molecule is CCOC(CN=C1NSc2cc(F)ccc2N1)OCC. The number of anilines is 1. The van der Waals surface area contributed by atoms with Crippen LogP contribution in [0.2, 0.25) is 0 Å². The minimum absolute atomic E-state index is 0.256. The highest BCUT2D eigenvalue weighted by Crippen LogP contribution is 2.29. The van der Waals surface area contributed by atoms with E-state index in [4.69, 9.17) is 9.47 Å². The molecule has 0 radical (unpaired) electrons. The van der Waals surface area contributed by atoms with Crippen molar-refractivity contribution in [3.05, 3.63) is 24.0 Å². The number of hydrogen-bond acceptors (Lipinski definition) is 4. The first-order valence-corrected chi connectivity index (χ1v) is 7.31. The highest BCUT2D eigenvalue weighted by atomic mass is 32.2. The summed E-state index contributed by atoms with van der Waals surface area (Å²) < 4.78 is 26.9. The minimum Gasteiger partial charge on any atom is -0.351 e. The molecule has 0 bridgehead atoms. The third kappa shape index (κ3) is 4.09. The molecule has 1 aromatic carbocycles. The van der Waals surface area contributed by atoms with E-state index in [9.17, 15) is 4.39 Å². The van der Waals surface area contributed by atoms with Crippen molar-refractivity contribution in [2.75, 3.05) is 25.1 Å². The molecular weight excluding hydrogens is 281 g/mol. The Balaban J connectivity index is 1.97. The van der Waals surface area contributed by atoms with E-state index in [1.54, 1.807) is 6.07 Å². The Morgan fingerprint density at radius 1 is 1.30 bits per heavy atom. The van der Waals surface area contributed by atoms with Gasteiger partial charge in [-0.25, -0.2) is 9.38 Å². The zero-order valence-corrected chi connectivity index (χ0v) is 12.3. The Morgan fingerprint density at radius 2 is 2.05 bits per heavy atom. The Kier molecular flexibility index (Phi) is 5.63. The topological polar surface area (TPSA) is 54.9 Å². The standard InChI is InChI=1S/C13H18FN3O2S/c1-3-18-12(19-4-2)8-15-13-16-10-6-5-9(14)7-11(10)20-17-13/h5-7,12H,3-4,8H2,1-2H3,(H2,15,16,17). The number of aliphatic imine (C=N–C) groups is 1. The Bertz CT molecular complexity index is 479. The lowest BCUT2D eigenvalue weighted by atomic mass is 10.3. The summed E-state index contributed by atoms with van der Waals surface area (Å²) in [4.78, 5) is 5.17. The molecule has 0 spiro atoms. The summed E-state index contributed by atoms with van der Waals surface area (Å²) in [6.45, 7) is 5.38. The van der Waals surface area contributed by atoms with Crippen LogP contribution in [0.4, 0.5) is 10.1 Å². The Hall–Kier alpha value is -1.31. The molecule has 110 valence electrons. The number of rotatable bonds is 6. The molecule has 0 aliphatic carbocycles. The molecule has 1 aromatic rings. The van der Waals surface area contributed by atoms with Crippen molar-refractivity contribution in [3.63, 3.8) is 0 Å². The van der Waals surface area contributed by atoms with Crippen LogP contribution in [0.15, 0.2) is 28.1 Å². The van der Waals surface area contributed by atoms with Gasteiger partial charge in [0.2, 0.25) is 5.96 Å². The van der Waals surface area contributed by atoms with E-state index < -0.39 is 0 Å². The van der Waals surface area contributed by atoms with Gasteiger partial charge in [-0.05, 0) is 44.0 Å². The molecule has 0 unspecified atom stereocenters. The number of guanidine groups is 1. The zero-order valence-electron chi connectivity index (χ0n) is 11.5. The third-order valence-electron chi connectivity index (χ3n) is 2.56. The van der Waals surface area contributed by atoms with Gasteiger partial charge in [-0.2, -0.15) is 0 Å². The molecule has 2 N–H and O–H groups in total.